The number of aromatic nitrogens is 2. The molecule has 0 saturated heterocycles. The lowest BCUT2D eigenvalue weighted by Gasteiger charge is -2.07. The monoisotopic (exact) mass is 320 g/mol. The first-order valence-corrected chi connectivity index (χ1v) is 6.97. The molecule has 1 aromatic heterocycles. The van der Waals surface area contributed by atoms with Crippen LogP contribution < -0.4 is 4.74 Å². The number of nitrogens with zero attached hydrogens (tertiary/aromatic N) is 2. The van der Waals surface area contributed by atoms with Crippen molar-refractivity contribution in [3.8, 4) is 11.4 Å². The Morgan fingerprint density at radius 3 is 2.57 bits per heavy atom. The van der Waals surface area contributed by atoms with Gasteiger partial charge in [0.1, 0.15) is 28.7 Å². The third-order valence-electron chi connectivity index (χ3n) is 2.86. The van der Waals surface area contributed by atoms with Crippen molar-refractivity contribution in [3.63, 3.8) is 0 Å². The second kappa shape index (κ2) is 6.65. The van der Waals surface area contributed by atoms with Gasteiger partial charge in [0.25, 0.3) is 0 Å². The third kappa shape index (κ3) is 3.20. The van der Waals surface area contributed by atoms with Crippen molar-refractivity contribution in [1.29, 1.82) is 0 Å². The second-order valence-corrected chi connectivity index (χ2v) is 4.90. The molecule has 0 aliphatic rings. The molecular weight excluding hydrogens is 308 g/mol. The van der Waals surface area contributed by atoms with Gasteiger partial charge >= 0.3 is 0 Å². The van der Waals surface area contributed by atoms with Crippen molar-refractivity contribution in [2.45, 2.75) is 6.92 Å². The molecule has 0 saturated carbocycles. The first kappa shape index (κ1) is 15.4. The van der Waals surface area contributed by atoms with Gasteiger partial charge in [-0.1, -0.05) is 23.8 Å². The molecule has 0 fully saturated rings. The van der Waals surface area contributed by atoms with E-state index >= 15 is 0 Å². The van der Waals surface area contributed by atoms with E-state index in [2.05, 4.69) is 4.98 Å². The summed E-state index contributed by atoms with van der Waals surface area (Å²) >= 11 is 11.3. The number of ether oxygens (including phenoxy) is 1. The molecule has 1 heterocycles. The van der Waals surface area contributed by atoms with Gasteiger partial charge in [-0.15, -0.1) is 0 Å². The number of carbonyl (C=O) groups excluding carboxylic acids is 1. The van der Waals surface area contributed by atoms with Gasteiger partial charge < -0.3 is 4.74 Å². The Balaban J connectivity index is 2.56. The smallest absolute Gasteiger partial charge is 0.149 e. The standard InChI is InChI=1S/C15H13ClN2O2S/c1-10(8-19)7-13-15(16)18(14(9-21)17-13)11-3-5-12(20-2)6-4-11/h3-9H,1-2H3. The van der Waals surface area contributed by atoms with Gasteiger partial charge in [-0.25, -0.2) is 4.98 Å². The predicted molar refractivity (Wildman–Crippen MR) is 87.6 cm³/mol. The lowest BCUT2D eigenvalue weighted by molar-refractivity contribution is -0.104. The maximum atomic E-state index is 10.7. The fourth-order valence-corrected chi connectivity index (χ4v) is 2.27. The molecule has 2 rings (SSSR count). The highest BCUT2D eigenvalue weighted by atomic mass is 35.5. The molecule has 0 aliphatic carbocycles. The molecule has 4 nitrogen and oxygen atoms in total. The van der Waals surface area contributed by atoms with Crippen LogP contribution in [0.2, 0.25) is 5.15 Å². The second-order valence-electron chi connectivity index (χ2n) is 4.30. The SMILES string of the molecule is COc1ccc(-n2c(C=S)nc(C=C(C)C=O)c2Cl)cc1. The number of imidazole rings is 1. The number of aldehydes is 1. The van der Waals surface area contributed by atoms with Gasteiger partial charge in [0.15, 0.2) is 0 Å². The number of rotatable bonds is 5. The molecule has 0 N–H and O–H groups in total. The summed E-state index contributed by atoms with van der Waals surface area (Å²) in [5.41, 5.74) is 1.85. The first-order valence-electron chi connectivity index (χ1n) is 6.12. The summed E-state index contributed by atoms with van der Waals surface area (Å²) in [7, 11) is 1.60. The first-order chi connectivity index (χ1) is 10.1. The van der Waals surface area contributed by atoms with Crippen LogP contribution in [0.15, 0.2) is 29.8 Å². The van der Waals surface area contributed by atoms with E-state index in [0.717, 1.165) is 17.7 Å². The largest absolute Gasteiger partial charge is 0.497 e. The van der Waals surface area contributed by atoms with Crippen LogP contribution in [0.5, 0.6) is 5.75 Å². The van der Waals surface area contributed by atoms with Crippen LogP contribution in [-0.4, -0.2) is 28.3 Å². The molecule has 108 valence electrons. The zero-order valence-corrected chi connectivity index (χ0v) is 13.1. The Bertz CT molecular complexity index is 705. The Labute approximate surface area is 133 Å². The van der Waals surface area contributed by atoms with Crippen LogP contribution in [-0.2, 0) is 4.79 Å². The summed E-state index contributed by atoms with van der Waals surface area (Å²) in [6.07, 6.45) is 2.37. The minimum Gasteiger partial charge on any atom is -0.497 e. The van der Waals surface area contributed by atoms with Crippen molar-refractivity contribution in [2.75, 3.05) is 7.11 Å². The van der Waals surface area contributed by atoms with E-state index in [0.29, 0.717) is 22.2 Å². The van der Waals surface area contributed by atoms with Crippen molar-refractivity contribution >= 4 is 41.5 Å². The van der Waals surface area contributed by atoms with Gasteiger partial charge in [0, 0.05) is 11.1 Å². The van der Waals surface area contributed by atoms with E-state index in [1.807, 2.05) is 24.3 Å². The molecule has 0 amide bonds. The van der Waals surface area contributed by atoms with E-state index in [9.17, 15) is 4.79 Å². The normalized spacial score (nSPS) is 11.3. The van der Waals surface area contributed by atoms with Gasteiger partial charge in [-0.2, -0.15) is 0 Å². The molecular formula is C15H13ClN2O2S. The van der Waals surface area contributed by atoms with E-state index in [-0.39, 0.29) is 0 Å². The zero-order chi connectivity index (χ0) is 15.4. The predicted octanol–water partition coefficient (Wildman–Crippen LogP) is 3.48. The highest BCUT2D eigenvalue weighted by Crippen LogP contribution is 2.25. The van der Waals surface area contributed by atoms with Gasteiger partial charge in [0.05, 0.1) is 7.11 Å². The van der Waals surface area contributed by atoms with Crippen LogP contribution in [0.4, 0.5) is 0 Å². The summed E-state index contributed by atoms with van der Waals surface area (Å²) in [4.78, 5) is 15.1. The Hall–Kier alpha value is -1.98. The Kier molecular flexibility index (Phi) is 4.88. The van der Waals surface area contributed by atoms with Crippen molar-refractivity contribution in [3.05, 3.63) is 46.5 Å². The zero-order valence-electron chi connectivity index (χ0n) is 11.5. The molecule has 0 bridgehead atoms. The van der Waals surface area contributed by atoms with Crippen LogP contribution in [0, 0.1) is 0 Å². The summed E-state index contributed by atoms with van der Waals surface area (Å²) < 4.78 is 6.85. The van der Waals surface area contributed by atoms with Crippen molar-refractivity contribution < 1.29 is 9.53 Å². The lowest BCUT2D eigenvalue weighted by Crippen LogP contribution is -1.99. The summed E-state index contributed by atoms with van der Waals surface area (Å²) in [6, 6.07) is 7.36. The molecule has 0 spiro atoms. The lowest BCUT2D eigenvalue weighted by atomic mass is 10.2. The maximum Gasteiger partial charge on any atom is 0.149 e. The summed E-state index contributed by atoms with van der Waals surface area (Å²) in [5, 5.41) is 1.85. The molecule has 2 aromatic rings. The Morgan fingerprint density at radius 2 is 2.05 bits per heavy atom. The molecule has 1 aromatic carbocycles. The molecule has 21 heavy (non-hydrogen) atoms. The minimum absolute atomic E-state index is 0.400. The quantitative estimate of drug-likeness (QED) is 0.480. The topological polar surface area (TPSA) is 44.1 Å². The molecule has 0 atom stereocenters. The number of thiocarbonyl (C=S) groups is 1. The summed E-state index contributed by atoms with van der Waals surface area (Å²) in [6.45, 7) is 1.69. The van der Waals surface area contributed by atoms with Gasteiger partial charge in [-0.3, -0.25) is 9.36 Å². The number of hydrogen-bond acceptors (Lipinski definition) is 4. The fraction of sp³-hybridized carbons (Fsp3) is 0.133. The van der Waals surface area contributed by atoms with E-state index in [4.69, 9.17) is 28.6 Å². The van der Waals surface area contributed by atoms with E-state index in [1.165, 1.54) is 5.37 Å². The number of halogens is 1. The number of benzene rings is 1. The van der Waals surface area contributed by atoms with E-state index < -0.39 is 0 Å². The Morgan fingerprint density at radius 1 is 1.38 bits per heavy atom. The third-order valence-corrected chi connectivity index (χ3v) is 3.43. The number of methoxy groups -OCH3 is 1. The highest BCUT2D eigenvalue weighted by molar-refractivity contribution is 7.79. The van der Waals surface area contributed by atoms with Crippen molar-refractivity contribution in [1.82, 2.24) is 9.55 Å². The number of hydrogen-bond donors (Lipinski definition) is 0. The van der Waals surface area contributed by atoms with Gasteiger partial charge in [-0.05, 0) is 42.8 Å². The number of carbonyl (C=O) groups is 1. The summed E-state index contributed by atoms with van der Waals surface area (Å²) in [5.74, 6) is 1.28. The fourth-order valence-electron chi connectivity index (χ4n) is 1.83. The average Bonchev–Trinajstić information content (AvgIpc) is 2.83. The van der Waals surface area contributed by atoms with Crippen molar-refractivity contribution in [2.24, 2.45) is 0 Å². The van der Waals surface area contributed by atoms with Crippen LogP contribution in [0.1, 0.15) is 18.4 Å². The minimum atomic E-state index is 0.400. The number of allylic oxidation sites excluding steroid dienone is 1. The van der Waals surface area contributed by atoms with Gasteiger partial charge in [0.2, 0.25) is 0 Å². The molecule has 0 radical (unpaired) electrons. The molecule has 6 heteroatoms. The van der Waals surface area contributed by atoms with E-state index in [1.54, 1.807) is 24.7 Å². The molecule has 0 aliphatic heterocycles. The van der Waals surface area contributed by atoms with Crippen LogP contribution in [0.25, 0.3) is 11.8 Å². The molecule has 0 unspecified atom stereocenters. The van der Waals surface area contributed by atoms with Crippen LogP contribution in [0.3, 0.4) is 0 Å². The average molecular weight is 321 g/mol. The highest BCUT2D eigenvalue weighted by Gasteiger charge is 2.14. The maximum absolute atomic E-state index is 10.7. The van der Waals surface area contributed by atoms with Crippen LogP contribution >= 0.6 is 23.8 Å².